The lowest BCUT2D eigenvalue weighted by Gasteiger charge is -2.40. The fourth-order valence-electron chi connectivity index (χ4n) is 13.3. The van der Waals surface area contributed by atoms with Gasteiger partial charge in [0.25, 0.3) is 0 Å². The Labute approximate surface area is 435 Å². The number of fused-ring (bicyclic) bond motifs is 9. The van der Waals surface area contributed by atoms with Gasteiger partial charge in [0.2, 0.25) is 0 Å². The fraction of sp³-hybridized carbons (Fsp3) is 0.125. The molecule has 74 heavy (non-hydrogen) atoms. The van der Waals surface area contributed by atoms with Crippen LogP contribution in [0.1, 0.15) is 80.0 Å². The summed E-state index contributed by atoms with van der Waals surface area (Å²) in [5.74, 6) is 0. The van der Waals surface area contributed by atoms with E-state index in [2.05, 4.69) is 276 Å². The van der Waals surface area contributed by atoms with Crippen molar-refractivity contribution in [2.24, 2.45) is 0 Å². The molecule has 0 saturated carbocycles. The molecule has 11 aromatic rings. The van der Waals surface area contributed by atoms with Gasteiger partial charge in [-0.15, -0.1) is 0 Å². The Hall–Kier alpha value is -8.59. The van der Waals surface area contributed by atoms with Gasteiger partial charge in [0.05, 0.1) is 22.4 Å². The maximum atomic E-state index is 5.72. The van der Waals surface area contributed by atoms with Crippen LogP contribution in [0.25, 0.3) is 88.7 Å². The summed E-state index contributed by atoms with van der Waals surface area (Å²) >= 11 is 0. The summed E-state index contributed by atoms with van der Waals surface area (Å²) < 4.78 is 0. The molecule has 10 aromatic carbocycles. The Kier molecular flexibility index (Phi) is 9.82. The molecule has 1 unspecified atom stereocenters. The van der Waals surface area contributed by atoms with Crippen LogP contribution in [0.15, 0.2) is 237 Å². The average Bonchev–Trinajstić information content (AvgIpc) is 3.99. The van der Waals surface area contributed by atoms with Crippen LogP contribution < -0.4 is 4.90 Å². The fourth-order valence-corrected chi connectivity index (χ4v) is 13.3. The van der Waals surface area contributed by atoms with Crippen molar-refractivity contribution >= 4 is 38.6 Å². The zero-order valence-electron chi connectivity index (χ0n) is 42.6. The molecule has 354 valence electrons. The summed E-state index contributed by atoms with van der Waals surface area (Å²) in [6.45, 7) is 11.9. The molecule has 0 spiro atoms. The van der Waals surface area contributed by atoms with Crippen molar-refractivity contribution in [2.75, 3.05) is 4.90 Å². The molecule has 2 nitrogen and oxygen atoms in total. The van der Waals surface area contributed by atoms with Crippen molar-refractivity contribution < 1.29 is 0 Å². The second-order valence-corrected chi connectivity index (χ2v) is 22.0. The van der Waals surface area contributed by atoms with Gasteiger partial charge in [-0.05, 0) is 138 Å². The highest BCUT2D eigenvalue weighted by atomic mass is 15.2. The molecule has 1 atom stereocenters. The van der Waals surface area contributed by atoms with E-state index in [1.807, 2.05) is 0 Å². The summed E-state index contributed by atoms with van der Waals surface area (Å²) in [6.07, 6.45) is 0.864. The topological polar surface area (TPSA) is 16.1 Å². The molecule has 3 aliphatic rings. The Balaban J connectivity index is 0.965. The van der Waals surface area contributed by atoms with Crippen LogP contribution in [0, 0.1) is 0 Å². The first-order valence-corrected chi connectivity index (χ1v) is 26.2. The summed E-state index contributed by atoms with van der Waals surface area (Å²) in [7, 11) is 0. The number of rotatable bonds is 7. The number of pyridine rings is 1. The van der Waals surface area contributed by atoms with E-state index >= 15 is 0 Å². The number of hydrogen-bond acceptors (Lipinski definition) is 2. The molecule has 2 heteroatoms. The number of nitrogens with zero attached hydrogens (tertiary/aromatic N) is 2. The zero-order chi connectivity index (χ0) is 49.9. The average molecular weight is 949 g/mol. The highest BCUT2D eigenvalue weighted by Gasteiger charge is 2.45. The van der Waals surface area contributed by atoms with Gasteiger partial charge in [0.15, 0.2) is 0 Å². The Bertz CT molecular complexity index is 4090. The second kappa shape index (κ2) is 16.5. The maximum Gasteiger partial charge on any atom is 0.0794 e. The minimum absolute atomic E-state index is 0.127. The number of aromatic nitrogens is 1. The molecule has 0 bridgehead atoms. The van der Waals surface area contributed by atoms with E-state index in [9.17, 15) is 0 Å². The first kappa shape index (κ1) is 44.1. The van der Waals surface area contributed by atoms with Crippen LogP contribution in [0.2, 0.25) is 0 Å². The molecule has 1 aliphatic heterocycles. The Morgan fingerprint density at radius 2 is 0.838 bits per heavy atom. The minimum atomic E-state index is -0.350. The van der Waals surface area contributed by atoms with Gasteiger partial charge in [0, 0.05) is 39.3 Å². The van der Waals surface area contributed by atoms with Crippen molar-refractivity contribution in [3.05, 3.63) is 276 Å². The van der Waals surface area contributed by atoms with E-state index in [4.69, 9.17) is 4.98 Å². The van der Waals surface area contributed by atoms with Crippen molar-refractivity contribution in [3.8, 4) is 55.8 Å². The van der Waals surface area contributed by atoms with E-state index in [-0.39, 0.29) is 16.4 Å². The molecule has 1 aromatic heterocycles. The van der Waals surface area contributed by atoms with Gasteiger partial charge >= 0.3 is 0 Å². The summed E-state index contributed by atoms with van der Waals surface area (Å²) in [4.78, 5) is 8.33. The maximum absolute atomic E-state index is 5.72. The van der Waals surface area contributed by atoms with Crippen molar-refractivity contribution in [3.63, 3.8) is 0 Å². The second-order valence-electron chi connectivity index (χ2n) is 22.0. The lowest BCUT2D eigenvalue weighted by molar-refractivity contribution is 0.517. The van der Waals surface area contributed by atoms with Crippen molar-refractivity contribution in [1.82, 2.24) is 4.98 Å². The number of benzene rings is 10. The largest absolute Gasteiger partial charge is 0.330 e. The Morgan fingerprint density at radius 3 is 1.47 bits per heavy atom. The lowest BCUT2D eigenvalue weighted by atomic mass is 9.81. The predicted molar refractivity (Wildman–Crippen MR) is 311 cm³/mol. The van der Waals surface area contributed by atoms with E-state index < -0.39 is 0 Å². The monoisotopic (exact) mass is 948 g/mol. The summed E-state index contributed by atoms with van der Waals surface area (Å²) in [6, 6.07) is 88.2. The van der Waals surface area contributed by atoms with E-state index in [1.54, 1.807) is 0 Å². The minimum Gasteiger partial charge on any atom is -0.330 e. The zero-order valence-corrected chi connectivity index (χ0v) is 42.6. The van der Waals surface area contributed by atoms with Gasteiger partial charge < -0.3 is 4.90 Å². The quantitative estimate of drug-likeness (QED) is 0.148. The molecular weight excluding hydrogens is 893 g/mol. The van der Waals surface area contributed by atoms with Gasteiger partial charge in [-0.1, -0.05) is 228 Å². The third kappa shape index (κ3) is 6.60. The molecule has 14 rings (SSSR count). The van der Waals surface area contributed by atoms with E-state index in [0.29, 0.717) is 0 Å². The first-order valence-electron chi connectivity index (χ1n) is 26.2. The first-order chi connectivity index (χ1) is 36.1. The van der Waals surface area contributed by atoms with Crippen LogP contribution >= 0.6 is 0 Å². The normalized spacial score (nSPS) is 16.9. The van der Waals surface area contributed by atoms with Gasteiger partial charge in [0.1, 0.15) is 0 Å². The Morgan fingerprint density at radius 1 is 0.351 bits per heavy atom. The number of anilines is 1. The standard InChI is InChI=1S/C72H56N2/c1-70(2)63-31-19-17-28-54(63)56-39-35-49(41-65(56)70)60-44-67(50-36-40-57-55-29-18-20-32-64(55)71(3,4)66(57)42-50)73-68-58-30-16-15-27-53(58)59(43-61(60)68)47-33-37-52(38-34-47)74-69(48-23-11-7-12-24-48)62(46-21-9-6-10-22-46)45-72(74,5)51-25-13-8-14-26-51/h6-44H,45H2,1-5H3. The third-order valence-electron chi connectivity index (χ3n) is 17.1. The van der Waals surface area contributed by atoms with Gasteiger partial charge in [-0.25, -0.2) is 4.98 Å². The van der Waals surface area contributed by atoms with E-state index in [0.717, 1.165) is 39.7 Å². The molecule has 0 N–H and O–H groups in total. The third-order valence-corrected chi connectivity index (χ3v) is 17.1. The molecule has 2 aliphatic carbocycles. The molecule has 0 saturated heterocycles. The summed E-state index contributed by atoms with van der Waals surface area (Å²) in [5.41, 5.74) is 25.5. The summed E-state index contributed by atoms with van der Waals surface area (Å²) in [5, 5.41) is 3.48. The van der Waals surface area contributed by atoms with Crippen LogP contribution in [0.4, 0.5) is 5.69 Å². The molecule has 2 heterocycles. The van der Waals surface area contributed by atoms with Crippen molar-refractivity contribution in [1.29, 1.82) is 0 Å². The lowest BCUT2D eigenvalue weighted by Crippen LogP contribution is -2.39. The van der Waals surface area contributed by atoms with Crippen LogP contribution in [-0.4, -0.2) is 4.98 Å². The van der Waals surface area contributed by atoms with Crippen LogP contribution in [0.5, 0.6) is 0 Å². The molecule has 0 radical (unpaired) electrons. The molecular formula is C72H56N2. The van der Waals surface area contributed by atoms with Gasteiger partial charge in [-0.3, -0.25) is 0 Å². The molecule has 0 fully saturated rings. The predicted octanol–water partition coefficient (Wildman–Crippen LogP) is 18.7. The van der Waals surface area contributed by atoms with Gasteiger partial charge in [-0.2, -0.15) is 0 Å². The highest BCUT2D eigenvalue weighted by Crippen LogP contribution is 2.55. The smallest absolute Gasteiger partial charge is 0.0794 e. The van der Waals surface area contributed by atoms with Crippen LogP contribution in [0.3, 0.4) is 0 Å². The van der Waals surface area contributed by atoms with Crippen LogP contribution in [-0.2, 0) is 16.4 Å². The molecule has 0 amide bonds. The van der Waals surface area contributed by atoms with Crippen molar-refractivity contribution in [2.45, 2.75) is 57.4 Å². The van der Waals surface area contributed by atoms with E-state index in [1.165, 1.54) is 100 Å². The SMILES string of the molecule is CC1(C)c2ccccc2-c2ccc(-c3cc(-c4ccc5c(c4)C(C)(C)c4ccccc4-5)c4cc(-c5ccc(N6C(c7ccccc7)=C(c7ccccc7)CC6(C)c6ccccc6)cc5)c5ccccc5c4n3)cc21. The highest BCUT2D eigenvalue weighted by molar-refractivity contribution is 6.16. The number of hydrogen-bond donors (Lipinski definition) is 0.